The van der Waals surface area contributed by atoms with Crippen LogP contribution >= 0.6 is 23.2 Å². The molecule has 1 saturated heterocycles. The van der Waals surface area contributed by atoms with Gasteiger partial charge in [-0.3, -0.25) is 14.5 Å². The van der Waals surface area contributed by atoms with Crippen molar-refractivity contribution < 1.29 is 14.3 Å². The molecule has 0 spiro atoms. The number of para-hydroxylation sites is 1. The summed E-state index contributed by atoms with van der Waals surface area (Å²) in [4.78, 5) is 28.8. The molecule has 1 heterocycles. The number of carbonyl (C=O) groups is 2. The summed E-state index contributed by atoms with van der Waals surface area (Å²) >= 11 is 12.2. The first-order valence-electron chi connectivity index (χ1n) is 10.1. The van der Waals surface area contributed by atoms with Crippen LogP contribution in [0.1, 0.15) is 6.92 Å². The topological polar surface area (TPSA) is 73.9 Å². The summed E-state index contributed by atoms with van der Waals surface area (Å²) in [5.41, 5.74) is 2.19. The molecule has 3 rings (SSSR count). The molecule has 166 valence electrons. The fraction of sp³-hybridized carbons (Fsp3) is 0.364. The maximum absolute atomic E-state index is 12.5. The SMILES string of the molecule is CCN(CC(=O)Nc1ccc(N2CCOCC2)cc1)CC(=O)Nc1c(Cl)cccc1Cl. The molecule has 2 aromatic rings. The average molecular weight is 465 g/mol. The van der Waals surface area contributed by atoms with Gasteiger partial charge in [0.2, 0.25) is 11.8 Å². The van der Waals surface area contributed by atoms with E-state index in [1.54, 1.807) is 23.1 Å². The number of rotatable bonds is 8. The van der Waals surface area contributed by atoms with Gasteiger partial charge in [0.05, 0.1) is 42.0 Å². The minimum absolute atomic E-state index is 0.0431. The number of morpholine rings is 1. The maximum Gasteiger partial charge on any atom is 0.238 e. The van der Waals surface area contributed by atoms with Crippen molar-refractivity contribution in [3.63, 3.8) is 0 Å². The van der Waals surface area contributed by atoms with Crippen LogP contribution in [0.25, 0.3) is 0 Å². The molecule has 0 aliphatic carbocycles. The van der Waals surface area contributed by atoms with Crippen molar-refractivity contribution in [3.8, 4) is 0 Å². The number of benzene rings is 2. The molecule has 0 radical (unpaired) electrons. The number of anilines is 3. The summed E-state index contributed by atoms with van der Waals surface area (Å²) in [5.74, 6) is -0.482. The molecule has 0 atom stereocenters. The van der Waals surface area contributed by atoms with E-state index in [2.05, 4.69) is 15.5 Å². The van der Waals surface area contributed by atoms with E-state index in [0.29, 0.717) is 28.0 Å². The number of likely N-dealkylation sites (N-methyl/N-ethyl adjacent to an activating group) is 1. The summed E-state index contributed by atoms with van der Waals surface area (Å²) in [6, 6.07) is 12.7. The van der Waals surface area contributed by atoms with E-state index in [9.17, 15) is 9.59 Å². The van der Waals surface area contributed by atoms with E-state index >= 15 is 0 Å². The molecule has 1 aliphatic heterocycles. The minimum atomic E-state index is -0.292. The van der Waals surface area contributed by atoms with Gasteiger partial charge in [0.1, 0.15) is 0 Å². The molecular weight excluding hydrogens is 439 g/mol. The Kier molecular flexibility index (Phi) is 8.54. The second kappa shape index (κ2) is 11.3. The molecule has 0 unspecified atom stereocenters. The van der Waals surface area contributed by atoms with Crippen LogP contribution in [0.2, 0.25) is 10.0 Å². The van der Waals surface area contributed by atoms with Crippen molar-refractivity contribution in [3.05, 3.63) is 52.5 Å². The van der Waals surface area contributed by atoms with Crippen molar-refractivity contribution in [1.29, 1.82) is 0 Å². The highest BCUT2D eigenvalue weighted by Gasteiger charge is 2.16. The van der Waals surface area contributed by atoms with Crippen LogP contribution in [0.3, 0.4) is 0 Å². The summed E-state index contributed by atoms with van der Waals surface area (Å²) in [6.45, 7) is 5.72. The van der Waals surface area contributed by atoms with Gasteiger partial charge in [-0.25, -0.2) is 0 Å². The van der Waals surface area contributed by atoms with E-state index < -0.39 is 0 Å². The molecule has 1 fully saturated rings. The van der Waals surface area contributed by atoms with E-state index in [-0.39, 0.29) is 24.9 Å². The number of hydrogen-bond donors (Lipinski definition) is 2. The van der Waals surface area contributed by atoms with Gasteiger partial charge in [0.25, 0.3) is 0 Å². The summed E-state index contributed by atoms with van der Waals surface area (Å²) in [7, 11) is 0. The number of hydrogen-bond acceptors (Lipinski definition) is 5. The first kappa shape index (κ1) is 23.3. The molecule has 2 amide bonds. The smallest absolute Gasteiger partial charge is 0.238 e. The maximum atomic E-state index is 12.5. The number of amides is 2. The van der Waals surface area contributed by atoms with Crippen LogP contribution in [-0.2, 0) is 14.3 Å². The molecule has 31 heavy (non-hydrogen) atoms. The van der Waals surface area contributed by atoms with Crippen molar-refractivity contribution >= 4 is 52.1 Å². The zero-order valence-corrected chi connectivity index (χ0v) is 18.9. The van der Waals surface area contributed by atoms with Crippen LogP contribution in [0.5, 0.6) is 0 Å². The van der Waals surface area contributed by atoms with Gasteiger partial charge in [-0.2, -0.15) is 0 Å². The van der Waals surface area contributed by atoms with Gasteiger partial charge in [-0.15, -0.1) is 0 Å². The molecular formula is C22H26Cl2N4O3. The fourth-order valence-corrected chi connectivity index (χ4v) is 3.75. The molecule has 2 N–H and O–H groups in total. The Bertz CT molecular complexity index is 882. The lowest BCUT2D eigenvalue weighted by molar-refractivity contribution is -0.119. The largest absolute Gasteiger partial charge is 0.378 e. The van der Waals surface area contributed by atoms with Crippen LogP contribution in [0, 0.1) is 0 Å². The third kappa shape index (κ3) is 6.83. The van der Waals surface area contributed by atoms with Crippen molar-refractivity contribution in [1.82, 2.24) is 4.90 Å². The standard InChI is InChI=1S/C22H26Cl2N4O3/c1-2-27(15-21(30)26-22-18(23)4-3-5-19(22)24)14-20(29)25-16-6-8-17(9-7-16)28-10-12-31-13-11-28/h3-9H,2,10-15H2,1H3,(H,25,29)(H,26,30). The Morgan fingerprint density at radius 3 is 2.13 bits per heavy atom. The van der Waals surface area contributed by atoms with Crippen molar-refractivity contribution in [2.45, 2.75) is 6.92 Å². The zero-order chi connectivity index (χ0) is 22.2. The quantitative estimate of drug-likeness (QED) is 0.622. The Morgan fingerprint density at radius 1 is 0.968 bits per heavy atom. The van der Waals surface area contributed by atoms with E-state index in [0.717, 1.165) is 32.0 Å². The Balaban J connectivity index is 1.50. The molecule has 0 aromatic heterocycles. The van der Waals surface area contributed by atoms with E-state index in [4.69, 9.17) is 27.9 Å². The van der Waals surface area contributed by atoms with E-state index in [1.807, 2.05) is 31.2 Å². The lowest BCUT2D eigenvalue weighted by atomic mass is 10.2. The van der Waals surface area contributed by atoms with Crippen LogP contribution in [0.4, 0.5) is 17.1 Å². The second-order valence-corrected chi connectivity index (χ2v) is 7.96. The molecule has 1 aliphatic rings. The predicted molar refractivity (Wildman–Crippen MR) is 125 cm³/mol. The first-order valence-corrected chi connectivity index (χ1v) is 10.9. The first-order chi connectivity index (χ1) is 15.0. The molecule has 0 bridgehead atoms. The number of nitrogens with zero attached hydrogens (tertiary/aromatic N) is 2. The molecule has 7 nitrogen and oxygen atoms in total. The number of ether oxygens (including phenoxy) is 1. The van der Waals surface area contributed by atoms with E-state index in [1.165, 1.54) is 0 Å². The molecule has 9 heteroatoms. The van der Waals surface area contributed by atoms with Gasteiger partial charge < -0.3 is 20.3 Å². The van der Waals surface area contributed by atoms with Crippen molar-refractivity contribution in [2.75, 3.05) is 61.5 Å². The van der Waals surface area contributed by atoms with Gasteiger partial charge in [0.15, 0.2) is 0 Å². The third-order valence-corrected chi connectivity index (χ3v) is 5.57. The van der Waals surface area contributed by atoms with Gasteiger partial charge in [-0.05, 0) is 42.9 Å². The van der Waals surface area contributed by atoms with Gasteiger partial charge in [0, 0.05) is 24.5 Å². The minimum Gasteiger partial charge on any atom is -0.378 e. The zero-order valence-electron chi connectivity index (χ0n) is 17.4. The number of nitrogens with one attached hydrogen (secondary N) is 2. The summed E-state index contributed by atoms with van der Waals surface area (Å²) in [6.07, 6.45) is 0. The van der Waals surface area contributed by atoms with Crippen LogP contribution in [-0.4, -0.2) is 62.7 Å². The highest BCUT2D eigenvalue weighted by Crippen LogP contribution is 2.29. The van der Waals surface area contributed by atoms with Gasteiger partial charge in [-0.1, -0.05) is 36.2 Å². The lowest BCUT2D eigenvalue weighted by Gasteiger charge is -2.29. The predicted octanol–water partition coefficient (Wildman–Crippen LogP) is 3.73. The summed E-state index contributed by atoms with van der Waals surface area (Å²) < 4.78 is 5.37. The highest BCUT2D eigenvalue weighted by molar-refractivity contribution is 6.39. The number of halogens is 2. The second-order valence-electron chi connectivity index (χ2n) is 7.14. The monoisotopic (exact) mass is 464 g/mol. The Hall–Kier alpha value is -2.32. The average Bonchev–Trinajstić information content (AvgIpc) is 2.77. The molecule has 0 saturated carbocycles. The van der Waals surface area contributed by atoms with Crippen LogP contribution in [0.15, 0.2) is 42.5 Å². The lowest BCUT2D eigenvalue weighted by Crippen LogP contribution is -2.38. The normalized spacial score (nSPS) is 13.9. The van der Waals surface area contributed by atoms with Gasteiger partial charge >= 0.3 is 0 Å². The third-order valence-electron chi connectivity index (χ3n) is 4.94. The highest BCUT2D eigenvalue weighted by atomic mass is 35.5. The fourth-order valence-electron chi connectivity index (χ4n) is 3.26. The Morgan fingerprint density at radius 2 is 1.55 bits per heavy atom. The molecule has 2 aromatic carbocycles. The Labute approximate surface area is 192 Å². The van der Waals surface area contributed by atoms with Crippen molar-refractivity contribution in [2.24, 2.45) is 0 Å². The summed E-state index contributed by atoms with van der Waals surface area (Å²) in [5, 5.41) is 6.32. The van der Waals surface area contributed by atoms with Crippen LogP contribution < -0.4 is 15.5 Å². The number of carbonyl (C=O) groups excluding carboxylic acids is 2.